The number of fused-ring (bicyclic) bond motifs is 2. The molecule has 1 saturated heterocycles. The summed E-state index contributed by atoms with van der Waals surface area (Å²) in [6.07, 6.45) is 0.959. The molecule has 0 unspecified atom stereocenters. The van der Waals surface area contributed by atoms with Crippen LogP contribution in [0, 0.1) is 6.92 Å². The number of sulfonamides is 1. The number of hydrogen-bond donors (Lipinski definition) is 1. The number of benzene rings is 2. The fourth-order valence-corrected chi connectivity index (χ4v) is 6.40. The van der Waals surface area contributed by atoms with Gasteiger partial charge in [-0.2, -0.15) is 4.31 Å². The molecule has 1 aliphatic rings. The molecule has 0 aliphatic carbocycles. The fraction of sp³-hybridized carbons (Fsp3) is 0.391. The van der Waals surface area contributed by atoms with Crippen LogP contribution in [0.5, 0.6) is 0 Å². The van der Waals surface area contributed by atoms with Crippen LogP contribution in [-0.2, 0) is 27.1 Å². The van der Waals surface area contributed by atoms with Crippen molar-refractivity contribution in [2.24, 2.45) is 0 Å². The zero-order valence-corrected chi connectivity index (χ0v) is 20.4. The van der Waals surface area contributed by atoms with E-state index in [1.165, 1.54) is 9.87 Å². The average molecular weight is 486 g/mol. The minimum absolute atomic E-state index is 0.282. The number of nitrogens with one attached hydrogen (secondary N) is 1. The summed E-state index contributed by atoms with van der Waals surface area (Å²) in [6, 6.07) is 11.4. The zero-order chi connectivity index (χ0) is 23.0. The molecular formula is C23H27N5O3S2. The SMILES string of the molecule is CCCn1c(CSc2nc3ccc(C)cc3[nH]2)nc2cc(S(=O)(=O)N3CCOCC3)ccc21. The molecule has 174 valence electrons. The van der Waals surface area contributed by atoms with Gasteiger partial charge < -0.3 is 14.3 Å². The van der Waals surface area contributed by atoms with Crippen molar-refractivity contribution in [2.45, 2.75) is 42.6 Å². The summed E-state index contributed by atoms with van der Waals surface area (Å²) in [5.41, 5.74) is 4.82. The Balaban J connectivity index is 1.44. The minimum atomic E-state index is -3.56. The third-order valence-electron chi connectivity index (χ3n) is 5.81. The highest BCUT2D eigenvalue weighted by molar-refractivity contribution is 7.98. The molecule has 0 saturated carbocycles. The lowest BCUT2D eigenvalue weighted by atomic mass is 10.2. The Hall–Kier alpha value is -2.40. The maximum atomic E-state index is 13.1. The quantitative estimate of drug-likeness (QED) is 0.399. The van der Waals surface area contributed by atoms with E-state index in [1.54, 1.807) is 23.9 Å². The van der Waals surface area contributed by atoms with Crippen molar-refractivity contribution in [3.63, 3.8) is 0 Å². The van der Waals surface area contributed by atoms with Crippen molar-refractivity contribution in [3.8, 4) is 0 Å². The summed E-state index contributed by atoms with van der Waals surface area (Å²) < 4.78 is 35.1. The number of hydrogen-bond acceptors (Lipinski definition) is 6. The highest BCUT2D eigenvalue weighted by Gasteiger charge is 2.27. The summed E-state index contributed by atoms with van der Waals surface area (Å²) >= 11 is 1.60. The van der Waals surface area contributed by atoms with Gasteiger partial charge in [0.25, 0.3) is 0 Å². The van der Waals surface area contributed by atoms with Crippen LogP contribution in [0.4, 0.5) is 0 Å². The number of rotatable bonds is 7. The van der Waals surface area contributed by atoms with Crippen LogP contribution in [0.15, 0.2) is 46.5 Å². The molecule has 0 radical (unpaired) electrons. The third-order valence-corrected chi connectivity index (χ3v) is 8.57. The number of aromatic amines is 1. The van der Waals surface area contributed by atoms with Crippen molar-refractivity contribution in [1.82, 2.24) is 23.8 Å². The largest absolute Gasteiger partial charge is 0.379 e. The van der Waals surface area contributed by atoms with Gasteiger partial charge in [-0.3, -0.25) is 0 Å². The Labute approximate surface area is 197 Å². The summed E-state index contributed by atoms with van der Waals surface area (Å²) in [4.78, 5) is 13.2. The first kappa shape index (κ1) is 22.4. The molecular weight excluding hydrogens is 458 g/mol. The van der Waals surface area contributed by atoms with E-state index >= 15 is 0 Å². The number of H-pyrrole nitrogens is 1. The maximum Gasteiger partial charge on any atom is 0.243 e. The smallest absolute Gasteiger partial charge is 0.243 e. The molecule has 5 rings (SSSR count). The molecule has 2 aromatic heterocycles. The fourth-order valence-electron chi connectivity index (χ4n) is 4.14. The first-order chi connectivity index (χ1) is 16.0. The standard InChI is InChI=1S/C23H27N5O3S2/c1-3-8-28-21-7-5-17(33(29,30)27-9-11-31-12-10-27)14-20(21)24-22(28)15-32-23-25-18-6-4-16(2)13-19(18)26-23/h4-7,13-14H,3,8-12,15H2,1-2H3,(H,25,26). The van der Waals surface area contributed by atoms with Crippen molar-refractivity contribution < 1.29 is 13.2 Å². The normalized spacial score (nSPS) is 15.6. The molecule has 1 fully saturated rings. The Kier molecular flexibility index (Phi) is 6.17. The Morgan fingerprint density at radius 1 is 1.09 bits per heavy atom. The lowest BCUT2D eigenvalue weighted by Crippen LogP contribution is -2.40. The molecule has 4 aromatic rings. The van der Waals surface area contributed by atoms with Gasteiger partial charge in [-0.05, 0) is 49.2 Å². The monoisotopic (exact) mass is 485 g/mol. The van der Waals surface area contributed by atoms with Crippen LogP contribution < -0.4 is 0 Å². The number of thioether (sulfide) groups is 1. The second-order valence-electron chi connectivity index (χ2n) is 8.20. The molecule has 3 heterocycles. The topological polar surface area (TPSA) is 93.1 Å². The lowest BCUT2D eigenvalue weighted by molar-refractivity contribution is 0.0730. The van der Waals surface area contributed by atoms with Gasteiger partial charge in [0.05, 0.1) is 45.9 Å². The van der Waals surface area contributed by atoms with E-state index in [2.05, 4.69) is 40.5 Å². The van der Waals surface area contributed by atoms with Crippen molar-refractivity contribution in [2.75, 3.05) is 26.3 Å². The summed E-state index contributed by atoms with van der Waals surface area (Å²) in [6.45, 7) is 6.62. The second-order valence-corrected chi connectivity index (χ2v) is 11.1. The van der Waals surface area contributed by atoms with Crippen molar-refractivity contribution in [1.29, 1.82) is 0 Å². The second kappa shape index (κ2) is 9.09. The van der Waals surface area contributed by atoms with Crippen LogP contribution in [-0.4, -0.2) is 58.5 Å². The predicted molar refractivity (Wildman–Crippen MR) is 130 cm³/mol. The predicted octanol–water partition coefficient (Wildman–Crippen LogP) is 3.94. The molecule has 8 nitrogen and oxygen atoms in total. The molecule has 0 spiro atoms. The molecule has 33 heavy (non-hydrogen) atoms. The number of morpholine rings is 1. The molecule has 1 N–H and O–H groups in total. The number of nitrogens with zero attached hydrogens (tertiary/aromatic N) is 4. The van der Waals surface area contributed by atoms with E-state index in [0.717, 1.165) is 40.5 Å². The van der Waals surface area contributed by atoms with E-state index < -0.39 is 10.0 Å². The van der Waals surface area contributed by atoms with E-state index in [9.17, 15) is 8.42 Å². The van der Waals surface area contributed by atoms with E-state index in [1.807, 2.05) is 12.1 Å². The lowest BCUT2D eigenvalue weighted by Gasteiger charge is -2.26. The number of imidazole rings is 2. The van der Waals surface area contributed by atoms with Gasteiger partial charge in [-0.15, -0.1) is 0 Å². The highest BCUT2D eigenvalue weighted by atomic mass is 32.2. The molecule has 0 atom stereocenters. The summed E-state index contributed by atoms with van der Waals surface area (Å²) in [7, 11) is -3.56. The van der Waals surface area contributed by atoms with Crippen LogP contribution in [0.3, 0.4) is 0 Å². The molecule has 0 amide bonds. The van der Waals surface area contributed by atoms with Crippen LogP contribution >= 0.6 is 11.8 Å². The Bertz CT molecular complexity index is 1400. The van der Waals surface area contributed by atoms with Gasteiger partial charge >= 0.3 is 0 Å². The van der Waals surface area contributed by atoms with Crippen molar-refractivity contribution >= 4 is 43.9 Å². The van der Waals surface area contributed by atoms with Gasteiger partial charge in [-0.1, -0.05) is 24.8 Å². The minimum Gasteiger partial charge on any atom is -0.379 e. The average Bonchev–Trinajstić information content (AvgIpc) is 3.38. The van der Waals surface area contributed by atoms with Gasteiger partial charge in [-0.25, -0.2) is 18.4 Å². The first-order valence-electron chi connectivity index (χ1n) is 11.1. The van der Waals surface area contributed by atoms with E-state index in [0.29, 0.717) is 37.6 Å². The molecule has 1 aliphatic heterocycles. The third kappa shape index (κ3) is 4.40. The summed E-state index contributed by atoms with van der Waals surface area (Å²) in [5.74, 6) is 1.55. The number of aryl methyl sites for hydroxylation is 2. The van der Waals surface area contributed by atoms with E-state index in [4.69, 9.17) is 9.72 Å². The van der Waals surface area contributed by atoms with Gasteiger partial charge in [0.1, 0.15) is 5.82 Å². The zero-order valence-electron chi connectivity index (χ0n) is 18.7. The number of aromatic nitrogens is 4. The van der Waals surface area contributed by atoms with Crippen LogP contribution in [0.2, 0.25) is 0 Å². The van der Waals surface area contributed by atoms with Gasteiger partial charge in [0.15, 0.2) is 5.16 Å². The van der Waals surface area contributed by atoms with Gasteiger partial charge in [0.2, 0.25) is 10.0 Å². The Morgan fingerprint density at radius 2 is 1.91 bits per heavy atom. The van der Waals surface area contributed by atoms with Crippen LogP contribution in [0.1, 0.15) is 24.7 Å². The molecule has 10 heteroatoms. The Morgan fingerprint density at radius 3 is 2.70 bits per heavy atom. The maximum absolute atomic E-state index is 13.1. The van der Waals surface area contributed by atoms with Crippen LogP contribution in [0.25, 0.3) is 22.1 Å². The molecule has 2 aromatic carbocycles. The van der Waals surface area contributed by atoms with E-state index in [-0.39, 0.29) is 4.90 Å². The number of ether oxygens (including phenoxy) is 1. The highest BCUT2D eigenvalue weighted by Crippen LogP contribution is 2.28. The molecule has 0 bridgehead atoms. The summed E-state index contributed by atoms with van der Waals surface area (Å²) in [5, 5.41) is 0.848. The first-order valence-corrected chi connectivity index (χ1v) is 13.5. The van der Waals surface area contributed by atoms with Crippen molar-refractivity contribution in [3.05, 3.63) is 47.8 Å². The van der Waals surface area contributed by atoms with Gasteiger partial charge in [0, 0.05) is 19.6 Å².